The van der Waals surface area contributed by atoms with Crippen molar-refractivity contribution in [3.05, 3.63) is 77.5 Å². The first kappa shape index (κ1) is 20.7. The van der Waals surface area contributed by atoms with Crippen molar-refractivity contribution in [2.45, 2.75) is 24.7 Å². The van der Waals surface area contributed by atoms with Crippen LogP contribution in [0.5, 0.6) is 17.2 Å². The van der Waals surface area contributed by atoms with E-state index in [2.05, 4.69) is 10.3 Å². The molecule has 1 aliphatic carbocycles. The van der Waals surface area contributed by atoms with Crippen molar-refractivity contribution in [1.82, 2.24) is 4.98 Å². The number of pyridine rings is 1. The van der Waals surface area contributed by atoms with E-state index in [1.54, 1.807) is 27.5 Å². The van der Waals surface area contributed by atoms with E-state index in [4.69, 9.17) is 14.2 Å². The molecule has 1 aromatic heterocycles. The number of methoxy groups -OCH3 is 3. The van der Waals surface area contributed by atoms with Gasteiger partial charge < -0.3 is 19.5 Å². The van der Waals surface area contributed by atoms with Gasteiger partial charge in [-0.25, -0.2) is 4.98 Å². The summed E-state index contributed by atoms with van der Waals surface area (Å²) in [5, 5.41) is 2.98. The van der Waals surface area contributed by atoms with Crippen LogP contribution in [-0.2, 0) is 16.6 Å². The Kier molecular flexibility index (Phi) is 5.80. The molecule has 1 heterocycles. The number of aromatic nitrogens is 1. The van der Waals surface area contributed by atoms with Crippen molar-refractivity contribution in [2.24, 2.45) is 0 Å². The van der Waals surface area contributed by atoms with Crippen LogP contribution in [0.3, 0.4) is 0 Å². The minimum absolute atomic E-state index is 0. The number of nitrogens with zero attached hydrogens (tertiary/aromatic N) is 1. The quantitative estimate of drug-likeness (QED) is 0.576. The molecule has 1 amide bonds. The van der Waals surface area contributed by atoms with Gasteiger partial charge in [0.05, 0.1) is 26.7 Å². The second-order valence-corrected chi connectivity index (χ2v) is 7.65. The highest BCUT2D eigenvalue weighted by Gasteiger charge is 2.51. The topological polar surface area (TPSA) is 69.7 Å². The normalized spacial score (nSPS) is 13.9. The lowest BCUT2D eigenvalue weighted by Crippen LogP contribution is -2.28. The number of anilines is 1. The van der Waals surface area contributed by atoms with Crippen LogP contribution < -0.4 is 19.5 Å². The maximum Gasteiger partial charge on any atom is 0.236 e. The fraction of sp³-hybridized carbons (Fsp3) is 0.280. The number of carbonyl (C=O) groups excluding carboxylic acids is 1. The van der Waals surface area contributed by atoms with Crippen molar-refractivity contribution in [3.8, 4) is 17.2 Å². The Morgan fingerprint density at radius 2 is 1.71 bits per heavy atom. The molecule has 0 atom stereocenters. The average molecular weight is 421 g/mol. The largest absolute Gasteiger partial charge is 0.496 e. The van der Waals surface area contributed by atoms with E-state index >= 15 is 0 Å². The predicted molar refractivity (Wildman–Crippen MR) is 121 cm³/mol. The zero-order valence-corrected chi connectivity index (χ0v) is 18.0. The number of amides is 1. The van der Waals surface area contributed by atoms with Crippen LogP contribution in [0.4, 0.5) is 5.82 Å². The standard InChI is InChI=1S/C25H26N2O4.H2/c1-29-20-7-5-4-6-18(20)14-17-8-11-23(26-16-17)27-24(28)25(12-13-25)19-9-10-21(30-2)22(15-19)31-3;/h4-11,15-16H,12-14H2,1-3H3,(H,26,27,28);1H. The first-order valence-electron chi connectivity index (χ1n) is 10.2. The monoisotopic (exact) mass is 420 g/mol. The summed E-state index contributed by atoms with van der Waals surface area (Å²) in [6.45, 7) is 0. The van der Waals surface area contributed by atoms with Crippen molar-refractivity contribution in [1.29, 1.82) is 0 Å². The molecule has 1 aliphatic rings. The summed E-state index contributed by atoms with van der Waals surface area (Å²) in [6, 6.07) is 17.4. The molecule has 0 bridgehead atoms. The highest BCUT2D eigenvalue weighted by Crippen LogP contribution is 2.50. The van der Waals surface area contributed by atoms with Gasteiger partial charge in [-0.2, -0.15) is 0 Å². The Hall–Kier alpha value is -3.54. The summed E-state index contributed by atoms with van der Waals surface area (Å²) in [4.78, 5) is 17.5. The zero-order valence-electron chi connectivity index (χ0n) is 18.0. The molecule has 1 fully saturated rings. The van der Waals surface area contributed by atoms with Gasteiger partial charge in [-0.3, -0.25) is 4.79 Å². The lowest BCUT2D eigenvalue weighted by molar-refractivity contribution is -0.118. The van der Waals surface area contributed by atoms with E-state index in [0.29, 0.717) is 23.7 Å². The molecule has 0 unspecified atom stereocenters. The van der Waals surface area contributed by atoms with Crippen LogP contribution in [0.2, 0.25) is 0 Å². The van der Waals surface area contributed by atoms with Gasteiger partial charge in [-0.05, 0) is 53.8 Å². The number of hydrogen-bond acceptors (Lipinski definition) is 5. The van der Waals surface area contributed by atoms with Gasteiger partial charge in [0.2, 0.25) is 5.91 Å². The Morgan fingerprint density at radius 3 is 2.35 bits per heavy atom. The van der Waals surface area contributed by atoms with Gasteiger partial charge in [0.15, 0.2) is 11.5 Å². The smallest absolute Gasteiger partial charge is 0.236 e. The van der Waals surface area contributed by atoms with Gasteiger partial charge >= 0.3 is 0 Å². The van der Waals surface area contributed by atoms with Crippen LogP contribution in [0.15, 0.2) is 60.8 Å². The van der Waals surface area contributed by atoms with E-state index in [1.807, 2.05) is 54.6 Å². The van der Waals surface area contributed by atoms with E-state index < -0.39 is 5.41 Å². The van der Waals surface area contributed by atoms with E-state index in [1.165, 1.54) is 0 Å². The number of carbonyl (C=O) groups is 1. The van der Waals surface area contributed by atoms with Crippen LogP contribution in [-0.4, -0.2) is 32.2 Å². The minimum Gasteiger partial charge on any atom is -0.496 e. The molecule has 0 spiro atoms. The lowest BCUT2D eigenvalue weighted by Gasteiger charge is -2.17. The molecule has 0 saturated heterocycles. The summed E-state index contributed by atoms with van der Waals surface area (Å²) in [5.74, 6) is 2.61. The Morgan fingerprint density at radius 1 is 0.968 bits per heavy atom. The third kappa shape index (κ3) is 4.19. The molecular formula is C25H28N2O4. The summed E-state index contributed by atoms with van der Waals surface area (Å²) in [5.41, 5.74) is 2.52. The molecule has 4 rings (SSSR count). The third-order valence-corrected chi connectivity index (χ3v) is 5.77. The maximum atomic E-state index is 13.1. The second kappa shape index (κ2) is 8.68. The van der Waals surface area contributed by atoms with E-state index in [-0.39, 0.29) is 7.33 Å². The highest BCUT2D eigenvalue weighted by molar-refractivity contribution is 6.01. The fourth-order valence-electron chi connectivity index (χ4n) is 3.81. The summed E-state index contributed by atoms with van der Waals surface area (Å²) in [7, 11) is 4.86. The predicted octanol–water partition coefficient (Wildman–Crippen LogP) is 4.61. The van der Waals surface area contributed by atoms with Gasteiger partial charge in [0, 0.05) is 14.0 Å². The summed E-state index contributed by atoms with van der Waals surface area (Å²) in [6.07, 6.45) is 4.08. The molecule has 2 aromatic carbocycles. The van der Waals surface area contributed by atoms with Gasteiger partial charge in [-0.15, -0.1) is 0 Å². The van der Waals surface area contributed by atoms with Crippen LogP contribution in [0.1, 0.15) is 31.0 Å². The maximum absolute atomic E-state index is 13.1. The summed E-state index contributed by atoms with van der Waals surface area (Å²) < 4.78 is 16.1. The third-order valence-electron chi connectivity index (χ3n) is 5.77. The number of ether oxygens (including phenoxy) is 3. The molecule has 0 aliphatic heterocycles. The number of benzene rings is 2. The second-order valence-electron chi connectivity index (χ2n) is 7.65. The molecule has 1 N–H and O–H groups in total. The first-order chi connectivity index (χ1) is 15.1. The Bertz CT molecular complexity index is 1080. The molecule has 162 valence electrons. The number of para-hydroxylation sites is 1. The van der Waals surface area contributed by atoms with Gasteiger partial charge in [0.1, 0.15) is 11.6 Å². The van der Waals surface area contributed by atoms with Crippen molar-refractivity contribution < 1.29 is 20.4 Å². The number of hydrogen-bond donors (Lipinski definition) is 1. The summed E-state index contributed by atoms with van der Waals surface area (Å²) >= 11 is 0. The average Bonchev–Trinajstić information content (AvgIpc) is 3.62. The molecule has 1 saturated carbocycles. The van der Waals surface area contributed by atoms with E-state index in [9.17, 15) is 4.79 Å². The zero-order chi connectivity index (χ0) is 21.8. The molecular weight excluding hydrogens is 392 g/mol. The van der Waals surface area contributed by atoms with Gasteiger partial charge in [-0.1, -0.05) is 30.3 Å². The SMILES string of the molecule is COc1ccccc1Cc1ccc(NC(=O)C2(c3ccc(OC)c(OC)c3)CC2)nc1.[HH]. The van der Waals surface area contributed by atoms with Crippen molar-refractivity contribution >= 4 is 11.7 Å². The molecule has 6 nitrogen and oxygen atoms in total. The molecule has 6 heteroatoms. The van der Waals surface area contributed by atoms with Crippen LogP contribution in [0, 0.1) is 0 Å². The molecule has 31 heavy (non-hydrogen) atoms. The van der Waals surface area contributed by atoms with Gasteiger partial charge in [0.25, 0.3) is 0 Å². The van der Waals surface area contributed by atoms with Crippen LogP contribution >= 0.6 is 0 Å². The van der Waals surface area contributed by atoms with Crippen molar-refractivity contribution in [3.63, 3.8) is 0 Å². The number of nitrogens with one attached hydrogen (secondary N) is 1. The fourth-order valence-corrected chi connectivity index (χ4v) is 3.81. The first-order valence-corrected chi connectivity index (χ1v) is 10.2. The molecule has 0 radical (unpaired) electrons. The molecule has 3 aromatic rings. The highest BCUT2D eigenvalue weighted by atomic mass is 16.5. The Balaban J connectivity index is 0.00000289. The van der Waals surface area contributed by atoms with E-state index in [0.717, 1.165) is 35.3 Å². The minimum atomic E-state index is -0.544. The van der Waals surface area contributed by atoms with Crippen molar-refractivity contribution in [2.75, 3.05) is 26.6 Å². The van der Waals surface area contributed by atoms with Crippen LogP contribution in [0.25, 0.3) is 0 Å². The Labute approximate surface area is 183 Å². The lowest BCUT2D eigenvalue weighted by atomic mass is 9.94. The number of rotatable bonds is 8.